The van der Waals surface area contributed by atoms with Crippen molar-refractivity contribution in [1.82, 2.24) is 9.88 Å². The van der Waals surface area contributed by atoms with Crippen molar-refractivity contribution in [1.29, 1.82) is 0 Å². The summed E-state index contributed by atoms with van der Waals surface area (Å²) in [7, 11) is -3.54. The third kappa shape index (κ3) is 4.62. The Morgan fingerprint density at radius 2 is 1.79 bits per heavy atom. The first-order valence-electron chi connectivity index (χ1n) is 9.53. The summed E-state index contributed by atoms with van der Waals surface area (Å²) in [6.07, 6.45) is 3.52. The quantitative estimate of drug-likeness (QED) is 0.586. The molecule has 0 saturated carbocycles. The minimum absolute atomic E-state index is 0.0655. The van der Waals surface area contributed by atoms with Gasteiger partial charge in [0.25, 0.3) is 0 Å². The first kappa shape index (κ1) is 20.1. The van der Waals surface area contributed by atoms with Gasteiger partial charge in [0.1, 0.15) is 6.54 Å². The van der Waals surface area contributed by atoms with Crippen molar-refractivity contribution in [3.8, 4) is 0 Å². The number of fused-ring (bicyclic) bond motifs is 1. The molecule has 3 aromatic rings. The Hall–Kier alpha value is -2.60. The summed E-state index contributed by atoms with van der Waals surface area (Å²) in [5.41, 5.74) is 2.59. The van der Waals surface area contributed by atoms with Gasteiger partial charge in [-0.2, -0.15) is 0 Å². The fourth-order valence-corrected chi connectivity index (χ4v) is 4.77. The summed E-state index contributed by atoms with van der Waals surface area (Å²) in [6.45, 7) is 4.77. The van der Waals surface area contributed by atoms with Gasteiger partial charge in [-0.05, 0) is 25.0 Å². The molecule has 0 saturated heterocycles. The zero-order valence-electron chi connectivity index (χ0n) is 16.3. The third-order valence-corrected chi connectivity index (χ3v) is 6.44. The van der Waals surface area contributed by atoms with E-state index in [-0.39, 0.29) is 23.1 Å². The van der Waals surface area contributed by atoms with Crippen LogP contribution in [0.4, 0.5) is 0 Å². The molecule has 1 aromatic heterocycles. The number of unbranched alkanes of at least 4 members (excludes halogenated alkanes) is 1. The molecular formula is C22H26N2O3S. The van der Waals surface area contributed by atoms with Crippen molar-refractivity contribution in [3.05, 3.63) is 65.9 Å². The molecule has 0 spiro atoms. The number of benzene rings is 2. The van der Waals surface area contributed by atoms with Crippen molar-refractivity contribution in [2.75, 3.05) is 6.54 Å². The highest BCUT2D eigenvalue weighted by Gasteiger charge is 2.22. The summed E-state index contributed by atoms with van der Waals surface area (Å²) in [6, 6.07) is 14.8. The number of aryl methyl sites for hydroxylation is 1. The monoisotopic (exact) mass is 398 g/mol. The van der Waals surface area contributed by atoms with Gasteiger partial charge in [-0.1, -0.05) is 61.4 Å². The van der Waals surface area contributed by atoms with Gasteiger partial charge >= 0.3 is 0 Å². The lowest BCUT2D eigenvalue weighted by molar-refractivity contribution is -0.121. The van der Waals surface area contributed by atoms with Crippen LogP contribution >= 0.6 is 0 Å². The molecule has 5 nitrogen and oxygen atoms in total. The summed E-state index contributed by atoms with van der Waals surface area (Å²) < 4.78 is 27.9. The molecule has 0 aliphatic rings. The molecular weight excluding hydrogens is 372 g/mol. The van der Waals surface area contributed by atoms with E-state index >= 15 is 0 Å². The standard InChI is InChI=1S/C22H26N2O3S/c1-3-4-13-23-22(25)15-24-14-21(19-7-5-6-8-20(19)24)28(26,27)16-18-11-9-17(2)10-12-18/h5-12,14H,3-4,13,15-16H2,1-2H3,(H,23,25). The van der Waals surface area contributed by atoms with Crippen LogP contribution in [0.15, 0.2) is 59.6 Å². The molecule has 0 unspecified atom stereocenters. The van der Waals surface area contributed by atoms with E-state index in [4.69, 9.17) is 0 Å². The van der Waals surface area contributed by atoms with Crippen LogP contribution in [0.2, 0.25) is 0 Å². The van der Waals surface area contributed by atoms with E-state index < -0.39 is 9.84 Å². The first-order valence-corrected chi connectivity index (χ1v) is 11.2. The Bertz CT molecular complexity index is 1070. The lowest BCUT2D eigenvalue weighted by atomic mass is 10.2. The lowest BCUT2D eigenvalue weighted by Gasteiger charge is -2.06. The summed E-state index contributed by atoms with van der Waals surface area (Å²) in [4.78, 5) is 12.5. The van der Waals surface area contributed by atoms with Gasteiger partial charge < -0.3 is 9.88 Å². The maximum Gasteiger partial charge on any atom is 0.239 e. The van der Waals surface area contributed by atoms with Gasteiger partial charge in [0, 0.05) is 23.6 Å². The molecule has 0 atom stereocenters. The Labute approximate surface area is 166 Å². The predicted octanol–water partition coefficient (Wildman–Crippen LogP) is 3.84. The summed E-state index contributed by atoms with van der Waals surface area (Å²) in [5.74, 6) is -0.180. The second kappa shape index (κ2) is 8.61. The summed E-state index contributed by atoms with van der Waals surface area (Å²) >= 11 is 0. The summed E-state index contributed by atoms with van der Waals surface area (Å²) in [5, 5.41) is 3.53. The molecule has 6 heteroatoms. The fourth-order valence-electron chi connectivity index (χ4n) is 3.19. The first-order chi connectivity index (χ1) is 13.4. The molecule has 0 fully saturated rings. The normalized spacial score (nSPS) is 11.6. The highest BCUT2D eigenvalue weighted by atomic mass is 32.2. The molecule has 0 bridgehead atoms. The van der Waals surface area contributed by atoms with Crippen LogP contribution < -0.4 is 5.32 Å². The Kier molecular flexibility index (Phi) is 6.19. The van der Waals surface area contributed by atoms with E-state index in [1.54, 1.807) is 16.8 Å². The number of amides is 1. The zero-order valence-corrected chi connectivity index (χ0v) is 17.1. The second-order valence-electron chi connectivity index (χ2n) is 7.09. The van der Waals surface area contributed by atoms with Crippen LogP contribution in [0.5, 0.6) is 0 Å². The van der Waals surface area contributed by atoms with Crippen molar-refractivity contribution in [2.45, 2.75) is 43.9 Å². The number of nitrogens with one attached hydrogen (secondary N) is 1. The van der Waals surface area contributed by atoms with Crippen molar-refractivity contribution < 1.29 is 13.2 Å². The molecule has 0 aliphatic carbocycles. The van der Waals surface area contributed by atoms with Crippen LogP contribution in [0.25, 0.3) is 10.9 Å². The van der Waals surface area contributed by atoms with Gasteiger partial charge in [-0.25, -0.2) is 8.42 Å². The Morgan fingerprint density at radius 3 is 2.50 bits per heavy atom. The fraction of sp³-hybridized carbons (Fsp3) is 0.318. The van der Waals surface area contributed by atoms with E-state index in [1.807, 2.05) is 49.4 Å². The van der Waals surface area contributed by atoms with Gasteiger partial charge in [0.2, 0.25) is 5.91 Å². The van der Waals surface area contributed by atoms with E-state index in [0.717, 1.165) is 29.5 Å². The molecule has 3 rings (SSSR count). The van der Waals surface area contributed by atoms with Crippen LogP contribution in [0.3, 0.4) is 0 Å². The number of hydrogen-bond donors (Lipinski definition) is 1. The van der Waals surface area contributed by atoms with Crippen LogP contribution in [-0.4, -0.2) is 25.4 Å². The minimum Gasteiger partial charge on any atom is -0.355 e. The number of aromatic nitrogens is 1. The van der Waals surface area contributed by atoms with Crippen LogP contribution in [0.1, 0.15) is 30.9 Å². The van der Waals surface area contributed by atoms with Gasteiger partial charge in [0.15, 0.2) is 9.84 Å². The van der Waals surface area contributed by atoms with Crippen molar-refractivity contribution >= 4 is 26.6 Å². The SMILES string of the molecule is CCCCNC(=O)Cn1cc(S(=O)(=O)Cc2ccc(C)cc2)c2ccccc21. The third-order valence-electron chi connectivity index (χ3n) is 4.73. The second-order valence-corrected chi connectivity index (χ2v) is 9.04. The number of carbonyl (C=O) groups is 1. The van der Waals surface area contributed by atoms with Gasteiger partial charge in [-0.3, -0.25) is 4.79 Å². The molecule has 28 heavy (non-hydrogen) atoms. The number of sulfone groups is 1. The minimum atomic E-state index is -3.54. The average Bonchev–Trinajstić information content (AvgIpc) is 3.03. The topological polar surface area (TPSA) is 68.2 Å². The van der Waals surface area contributed by atoms with Crippen molar-refractivity contribution in [2.24, 2.45) is 0 Å². The maximum atomic E-state index is 13.1. The van der Waals surface area contributed by atoms with Crippen LogP contribution in [0, 0.1) is 6.92 Å². The molecule has 0 aliphatic heterocycles. The average molecular weight is 399 g/mol. The Morgan fingerprint density at radius 1 is 1.07 bits per heavy atom. The molecule has 1 heterocycles. The lowest BCUT2D eigenvalue weighted by Crippen LogP contribution is -2.28. The smallest absolute Gasteiger partial charge is 0.239 e. The van der Waals surface area contributed by atoms with Crippen LogP contribution in [-0.2, 0) is 26.9 Å². The molecule has 148 valence electrons. The van der Waals surface area contributed by atoms with E-state index in [1.165, 1.54) is 0 Å². The van der Waals surface area contributed by atoms with E-state index in [0.29, 0.717) is 11.9 Å². The van der Waals surface area contributed by atoms with Gasteiger partial charge in [0.05, 0.1) is 10.6 Å². The molecule has 1 N–H and O–H groups in total. The van der Waals surface area contributed by atoms with E-state index in [9.17, 15) is 13.2 Å². The number of carbonyl (C=O) groups excluding carboxylic acids is 1. The number of hydrogen-bond acceptors (Lipinski definition) is 3. The maximum absolute atomic E-state index is 13.1. The number of para-hydroxylation sites is 1. The van der Waals surface area contributed by atoms with Gasteiger partial charge in [-0.15, -0.1) is 0 Å². The molecule has 2 aromatic carbocycles. The highest BCUT2D eigenvalue weighted by molar-refractivity contribution is 7.90. The predicted molar refractivity (Wildman–Crippen MR) is 112 cm³/mol. The largest absolute Gasteiger partial charge is 0.355 e. The van der Waals surface area contributed by atoms with Crippen molar-refractivity contribution in [3.63, 3.8) is 0 Å². The highest BCUT2D eigenvalue weighted by Crippen LogP contribution is 2.28. The van der Waals surface area contributed by atoms with E-state index in [2.05, 4.69) is 12.2 Å². The Balaban J connectivity index is 1.90. The molecule has 1 amide bonds. The molecule has 0 radical (unpaired) electrons. The number of nitrogens with zero attached hydrogens (tertiary/aromatic N) is 1. The zero-order chi connectivity index (χ0) is 20.1. The number of rotatable bonds is 8.